The Kier molecular flexibility index (Phi) is 5.06. The van der Waals surface area contributed by atoms with Crippen molar-refractivity contribution in [1.29, 1.82) is 0 Å². The second kappa shape index (κ2) is 6.79. The van der Waals surface area contributed by atoms with Crippen LogP contribution in [0, 0.1) is 0 Å². The summed E-state index contributed by atoms with van der Waals surface area (Å²) in [6.07, 6.45) is 0. The van der Waals surface area contributed by atoms with E-state index in [9.17, 15) is 0 Å². The lowest BCUT2D eigenvalue weighted by Crippen LogP contribution is -2.21. The highest BCUT2D eigenvalue weighted by Crippen LogP contribution is 2.21. The summed E-state index contributed by atoms with van der Waals surface area (Å²) in [5.41, 5.74) is 0. The maximum Gasteiger partial charge on any atom is 0.165 e. The Balaban J connectivity index is 1.91. The van der Waals surface area contributed by atoms with E-state index in [1.54, 1.807) is 11.8 Å². The van der Waals surface area contributed by atoms with Crippen molar-refractivity contribution in [1.82, 2.24) is 25.5 Å². The van der Waals surface area contributed by atoms with Crippen LogP contribution in [0.4, 0.5) is 0 Å². The van der Waals surface area contributed by atoms with Crippen LogP contribution in [-0.4, -0.2) is 40.5 Å². The fraction of sp³-hybridized carbons (Fsp3) is 0.500. The minimum atomic E-state index is 0.621. The Bertz CT molecular complexity index is 486. The first kappa shape index (κ1) is 13.4. The summed E-state index contributed by atoms with van der Waals surface area (Å²) in [7, 11) is 1.67. The Morgan fingerprint density at radius 1 is 1.50 bits per heavy atom. The van der Waals surface area contributed by atoms with Gasteiger partial charge in [-0.3, -0.25) is 0 Å². The van der Waals surface area contributed by atoms with Crippen LogP contribution in [0.3, 0.4) is 0 Å². The fourth-order valence-corrected chi connectivity index (χ4v) is 2.50. The third-order valence-corrected chi connectivity index (χ3v) is 3.52. The van der Waals surface area contributed by atoms with Gasteiger partial charge in [0.1, 0.15) is 0 Å². The van der Waals surface area contributed by atoms with Crippen LogP contribution in [-0.2, 0) is 17.8 Å². The molecule has 0 atom stereocenters. The molecule has 0 unspecified atom stereocenters. The number of aromatic nitrogens is 4. The predicted octanol–water partition coefficient (Wildman–Crippen LogP) is 1.17. The van der Waals surface area contributed by atoms with Gasteiger partial charge in [-0.1, -0.05) is 11.6 Å². The lowest BCUT2D eigenvalue weighted by Gasteiger charge is -2.04. The summed E-state index contributed by atoms with van der Waals surface area (Å²) in [5.74, 6) is 0.802. The van der Waals surface area contributed by atoms with Gasteiger partial charge < -0.3 is 10.1 Å². The van der Waals surface area contributed by atoms with Crippen LogP contribution in [0.1, 0.15) is 10.7 Å². The van der Waals surface area contributed by atoms with E-state index in [4.69, 9.17) is 16.3 Å². The average molecular weight is 288 g/mol. The number of halogens is 1. The van der Waals surface area contributed by atoms with Gasteiger partial charge in [0.05, 0.1) is 24.0 Å². The minimum absolute atomic E-state index is 0.621. The molecule has 0 saturated carbocycles. The predicted molar refractivity (Wildman–Crippen MR) is 69.8 cm³/mol. The lowest BCUT2D eigenvalue weighted by atomic mass is 10.4. The summed E-state index contributed by atoms with van der Waals surface area (Å²) < 4.78 is 7.50. The monoisotopic (exact) mass is 287 g/mol. The van der Waals surface area contributed by atoms with Crippen molar-refractivity contribution in [3.8, 4) is 0 Å². The highest BCUT2D eigenvalue weighted by molar-refractivity contribution is 7.16. The highest BCUT2D eigenvalue weighted by atomic mass is 35.5. The van der Waals surface area contributed by atoms with Crippen molar-refractivity contribution in [2.24, 2.45) is 0 Å². The number of hydrogen-bond donors (Lipinski definition) is 1. The Hall–Kier alpha value is -1.02. The van der Waals surface area contributed by atoms with E-state index in [-0.39, 0.29) is 0 Å². The fourth-order valence-electron chi connectivity index (χ4n) is 1.43. The first-order chi connectivity index (χ1) is 8.79. The quantitative estimate of drug-likeness (QED) is 0.775. The van der Waals surface area contributed by atoms with E-state index in [1.165, 1.54) is 11.3 Å². The highest BCUT2D eigenvalue weighted by Gasteiger charge is 2.07. The molecule has 0 saturated heterocycles. The van der Waals surface area contributed by atoms with Crippen LogP contribution in [0.2, 0.25) is 4.34 Å². The molecule has 18 heavy (non-hydrogen) atoms. The van der Waals surface area contributed by atoms with E-state index < -0.39 is 0 Å². The van der Waals surface area contributed by atoms with Crippen LogP contribution < -0.4 is 5.32 Å². The maximum absolute atomic E-state index is 5.89. The molecule has 1 N–H and O–H groups in total. The van der Waals surface area contributed by atoms with Gasteiger partial charge in [-0.25, -0.2) is 4.68 Å². The molecule has 0 aliphatic rings. The van der Waals surface area contributed by atoms with Gasteiger partial charge in [-0.05, 0) is 22.6 Å². The van der Waals surface area contributed by atoms with Gasteiger partial charge >= 0.3 is 0 Å². The molecule has 0 aromatic carbocycles. The van der Waals surface area contributed by atoms with E-state index >= 15 is 0 Å². The number of ether oxygens (including phenoxy) is 1. The number of tetrazole rings is 1. The largest absolute Gasteiger partial charge is 0.383 e. The van der Waals surface area contributed by atoms with Crippen LogP contribution in [0.5, 0.6) is 0 Å². The summed E-state index contributed by atoms with van der Waals surface area (Å²) >= 11 is 7.43. The van der Waals surface area contributed by atoms with Gasteiger partial charge in [-0.15, -0.1) is 16.4 Å². The molecule has 0 aliphatic heterocycles. The molecule has 2 rings (SSSR count). The number of rotatable bonds is 7. The molecule has 0 radical (unpaired) electrons. The number of thiophene rings is 1. The molecule has 0 spiro atoms. The van der Waals surface area contributed by atoms with Gasteiger partial charge in [0.15, 0.2) is 5.82 Å². The molecule has 2 aromatic rings. The standard InChI is InChI=1S/C10H14ClN5OS/c1-17-5-4-12-6-10-13-14-15-16(10)7-8-2-3-9(11)18-8/h2-3,12H,4-7H2,1H3. The summed E-state index contributed by atoms with van der Waals surface area (Å²) in [6, 6.07) is 3.86. The van der Waals surface area contributed by atoms with Crippen molar-refractivity contribution < 1.29 is 4.74 Å². The van der Waals surface area contributed by atoms with Crippen molar-refractivity contribution in [3.05, 3.63) is 27.2 Å². The maximum atomic E-state index is 5.89. The molecular weight excluding hydrogens is 274 g/mol. The summed E-state index contributed by atoms with van der Waals surface area (Å²) in [4.78, 5) is 1.13. The van der Waals surface area contributed by atoms with Crippen molar-refractivity contribution >= 4 is 22.9 Å². The van der Waals surface area contributed by atoms with Gasteiger partial charge in [0, 0.05) is 18.5 Å². The zero-order valence-electron chi connectivity index (χ0n) is 9.97. The SMILES string of the molecule is COCCNCc1nnnn1Cc1ccc(Cl)s1. The van der Waals surface area contributed by atoms with Crippen LogP contribution in [0.25, 0.3) is 0 Å². The van der Waals surface area contributed by atoms with E-state index in [1.807, 2.05) is 12.1 Å². The third-order valence-electron chi connectivity index (χ3n) is 2.31. The Morgan fingerprint density at radius 3 is 3.11 bits per heavy atom. The van der Waals surface area contributed by atoms with Gasteiger partial charge in [0.2, 0.25) is 0 Å². The number of nitrogens with zero attached hydrogens (tertiary/aromatic N) is 4. The van der Waals surface area contributed by atoms with E-state index in [0.29, 0.717) is 19.7 Å². The van der Waals surface area contributed by atoms with Crippen LogP contribution in [0.15, 0.2) is 12.1 Å². The molecule has 8 heteroatoms. The third kappa shape index (κ3) is 3.74. The Morgan fingerprint density at radius 2 is 2.39 bits per heavy atom. The van der Waals surface area contributed by atoms with Gasteiger partial charge in [0.25, 0.3) is 0 Å². The number of methoxy groups -OCH3 is 1. The zero-order valence-corrected chi connectivity index (χ0v) is 11.5. The topological polar surface area (TPSA) is 64.9 Å². The van der Waals surface area contributed by atoms with Crippen molar-refractivity contribution in [2.75, 3.05) is 20.3 Å². The second-order valence-corrected chi connectivity index (χ2v) is 5.43. The van der Waals surface area contributed by atoms with E-state index in [0.717, 1.165) is 21.6 Å². The second-order valence-electron chi connectivity index (χ2n) is 3.63. The molecule has 98 valence electrons. The molecule has 2 aromatic heterocycles. The molecule has 0 amide bonds. The molecule has 0 aliphatic carbocycles. The molecule has 2 heterocycles. The van der Waals surface area contributed by atoms with Crippen molar-refractivity contribution in [3.63, 3.8) is 0 Å². The smallest absolute Gasteiger partial charge is 0.165 e. The normalized spacial score (nSPS) is 11.0. The average Bonchev–Trinajstić information content (AvgIpc) is 2.95. The first-order valence-electron chi connectivity index (χ1n) is 5.48. The molecule has 0 fully saturated rings. The van der Waals surface area contributed by atoms with Crippen LogP contribution >= 0.6 is 22.9 Å². The van der Waals surface area contributed by atoms with Gasteiger partial charge in [-0.2, -0.15) is 0 Å². The number of hydrogen-bond acceptors (Lipinski definition) is 6. The summed E-state index contributed by atoms with van der Waals surface area (Å²) in [5, 5.41) is 14.9. The molecule has 0 bridgehead atoms. The zero-order chi connectivity index (χ0) is 12.8. The van der Waals surface area contributed by atoms with Crippen molar-refractivity contribution in [2.45, 2.75) is 13.1 Å². The Labute approximate surface area is 114 Å². The summed E-state index contributed by atoms with van der Waals surface area (Å²) in [6.45, 7) is 2.71. The minimum Gasteiger partial charge on any atom is -0.383 e. The van der Waals surface area contributed by atoms with E-state index in [2.05, 4.69) is 20.8 Å². The number of nitrogens with one attached hydrogen (secondary N) is 1. The molecular formula is C10H14ClN5OS. The molecule has 6 nitrogen and oxygen atoms in total. The lowest BCUT2D eigenvalue weighted by molar-refractivity contribution is 0.198. The first-order valence-corrected chi connectivity index (χ1v) is 6.68.